The van der Waals surface area contributed by atoms with Gasteiger partial charge in [0, 0.05) is 49.7 Å². The van der Waals surface area contributed by atoms with Crippen molar-refractivity contribution >= 4 is 11.8 Å². The van der Waals surface area contributed by atoms with Crippen molar-refractivity contribution < 1.29 is 9.59 Å². The fourth-order valence-corrected chi connectivity index (χ4v) is 4.14. The predicted molar refractivity (Wildman–Crippen MR) is 104 cm³/mol. The minimum atomic E-state index is -0.289. The van der Waals surface area contributed by atoms with E-state index in [-0.39, 0.29) is 35.6 Å². The van der Waals surface area contributed by atoms with Crippen molar-refractivity contribution in [2.24, 2.45) is 11.3 Å². The Balaban J connectivity index is 1.60. The Kier molecular flexibility index (Phi) is 4.61. The Morgan fingerprint density at radius 1 is 1.29 bits per heavy atom. The third kappa shape index (κ3) is 3.61. The van der Waals surface area contributed by atoms with Gasteiger partial charge in [-0.15, -0.1) is 0 Å². The largest absolute Gasteiger partial charge is 0.349 e. The highest BCUT2D eigenvalue weighted by Crippen LogP contribution is 2.40. The molecule has 2 aromatic heterocycles. The van der Waals surface area contributed by atoms with E-state index in [0.29, 0.717) is 12.4 Å². The zero-order valence-corrected chi connectivity index (χ0v) is 16.5. The molecule has 2 aliphatic rings. The summed E-state index contributed by atoms with van der Waals surface area (Å²) < 4.78 is 0. The average molecular weight is 379 g/mol. The van der Waals surface area contributed by atoms with E-state index in [1.54, 1.807) is 24.3 Å². The molecule has 28 heavy (non-hydrogen) atoms. The number of likely N-dealkylation sites (tertiary alicyclic amines) is 1. The molecule has 2 atom stereocenters. The molecule has 0 saturated carbocycles. The first-order chi connectivity index (χ1) is 13.3. The molecule has 3 heterocycles. The maximum atomic E-state index is 12.8. The Labute approximate surface area is 164 Å². The second kappa shape index (κ2) is 6.96. The van der Waals surface area contributed by atoms with Crippen molar-refractivity contribution in [3.05, 3.63) is 42.0 Å². The molecule has 0 spiro atoms. The van der Waals surface area contributed by atoms with Crippen LogP contribution in [-0.4, -0.2) is 45.3 Å². The Morgan fingerprint density at radius 3 is 2.71 bits per heavy atom. The van der Waals surface area contributed by atoms with Crippen molar-refractivity contribution in [3.8, 4) is 11.4 Å². The van der Waals surface area contributed by atoms with E-state index < -0.39 is 0 Å². The molecule has 1 saturated heterocycles. The van der Waals surface area contributed by atoms with Gasteiger partial charge < -0.3 is 10.2 Å². The van der Waals surface area contributed by atoms with Crippen molar-refractivity contribution in [2.75, 3.05) is 13.6 Å². The lowest BCUT2D eigenvalue weighted by Gasteiger charge is -2.37. The molecule has 2 amide bonds. The summed E-state index contributed by atoms with van der Waals surface area (Å²) in [5.74, 6) is 0.342. The SMILES string of the molecule is CN1C[C@H](C(=O)N[C@H]2CC(C)(C)Cc3nc(-c4ccncc4)ncc32)CC1=O. The highest BCUT2D eigenvalue weighted by Gasteiger charge is 2.37. The lowest BCUT2D eigenvalue weighted by molar-refractivity contribution is -0.128. The zero-order valence-electron chi connectivity index (χ0n) is 16.5. The number of rotatable bonds is 3. The number of aromatic nitrogens is 3. The molecule has 0 aromatic carbocycles. The third-order valence-electron chi connectivity index (χ3n) is 5.64. The van der Waals surface area contributed by atoms with Crippen LogP contribution >= 0.6 is 0 Å². The van der Waals surface area contributed by atoms with Crippen molar-refractivity contribution in [3.63, 3.8) is 0 Å². The maximum Gasteiger partial charge on any atom is 0.225 e. The molecule has 7 heteroatoms. The normalized spacial score (nSPS) is 23.4. The third-order valence-corrected chi connectivity index (χ3v) is 5.64. The Bertz CT molecular complexity index is 912. The van der Waals surface area contributed by atoms with Crippen LogP contribution in [0, 0.1) is 11.3 Å². The first kappa shape index (κ1) is 18.5. The van der Waals surface area contributed by atoms with Crippen LogP contribution in [0.4, 0.5) is 0 Å². The molecule has 146 valence electrons. The fourth-order valence-electron chi connectivity index (χ4n) is 4.14. The Morgan fingerprint density at radius 2 is 2.04 bits per heavy atom. The monoisotopic (exact) mass is 379 g/mol. The second-order valence-electron chi connectivity index (χ2n) is 8.61. The minimum Gasteiger partial charge on any atom is -0.349 e. The number of amides is 2. The number of hydrogen-bond donors (Lipinski definition) is 1. The van der Waals surface area contributed by atoms with Crippen molar-refractivity contribution in [2.45, 2.75) is 39.2 Å². The Hall–Kier alpha value is -2.83. The molecule has 1 aliphatic heterocycles. The lowest BCUT2D eigenvalue weighted by Crippen LogP contribution is -2.40. The van der Waals surface area contributed by atoms with Crippen LogP contribution in [0.15, 0.2) is 30.7 Å². The summed E-state index contributed by atoms with van der Waals surface area (Å²) in [6, 6.07) is 3.64. The number of carbonyl (C=O) groups is 2. The van der Waals surface area contributed by atoms with E-state index in [1.807, 2.05) is 18.3 Å². The molecule has 0 unspecified atom stereocenters. The molecule has 0 bridgehead atoms. The number of nitrogens with one attached hydrogen (secondary N) is 1. The van der Waals surface area contributed by atoms with Crippen LogP contribution in [0.5, 0.6) is 0 Å². The van der Waals surface area contributed by atoms with Gasteiger partial charge in [-0.1, -0.05) is 13.8 Å². The van der Waals surface area contributed by atoms with Crippen LogP contribution in [0.1, 0.15) is 44.0 Å². The highest BCUT2D eigenvalue weighted by molar-refractivity contribution is 5.89. The standard InChI is InChI=1S/C21H25N5O2/c1-21(2)9-16-15(11-23-19(24-16)13-4-6-22-7-5-13)17(10-21)25-20(28)14-8-18(27)26(3)12-14/h4-7,11,14,17H,8-10,12H2,1-3H3,(H,25,28)/t14-,17+/m1/s1. The number of fused-ring (bicyclic) bond motifs is 1. The number of hydrogen-bond acceptors (Lipinski definition) is 5. The van der Waals surface area contributed by atoms with Gasteiger partial charge in [0.05, 0.1) is 17.7 Å². The molecule has 1 aliphatic carbocycles. The summed E-state index contributed by atoms with van der Waals surface area (Å²) in [4.78, 5) is 39.6. The number of pyridine rings is 1. The first-order valence-electron chi connectivity index (χ1n) is 9.63. The maximum absolute atomic E-state index is 12.8. The molecule has 1 N–H and O–H groups in total. The minimum absolute atomic E-state index is 0.0110. The summed E-state index contributed by atoms with van der Waals surface area (Å²) in [7, 11) is 1.74. The lowest BCUT2D eigenvalue weighted by atomic mass is 9.74. The van der Waals surface area contributed by atoms with E-state index >= 15 is 0 Å². The van der Waals surface area contributed by atoms with Crippen LogP contribution in [0.3, 0.4) is 0 Å². The summed E-state index contributed by atoms with van der Waals surface area (Å²) in [6.45, 7) is 4.86. The van der Waals surface area contributed by atoms with Gasteiger partial charge in [-0.2, -0.15) is 0 Å². The van der Waals surface area contributed by atoms with Gasteiger partial charge in [-0.25, -0.2) is 9.97 Å². The summed E-state index contributed by atoms with van der Waals surface area (Å²) in [5, 5.41) is 3.17. The molecular weight excluding hydrogens is 354 g/mol. The van der Waals surface area contributed by atoms with Gasteiger partial charge in [-0.3, -0.25) is 14.6 Å². The van der Waals surface area contributed by atoms with Gasteiger partial charge in [0.2, 0.25) is 11.8 Å². The molecule has 4 rings (SSSR count). The quantitative estimate of drug-likeness (QED) is 0.883. The average Bonchev–Trinajstić information content (AvgIpc) is 3.00. The predicted octanol–water partition coefficient (Wildman–Crippen LogP) is 2.15. The highest BCUT2D eigenvalue weighted by atomic mass is 16.2. The summed E-state index contributed by atoms with van der Waals surface area (Å²) in [6.07, 6.45) is 7.23. The van der Waals surface area contributed by atoms with Crippen LogP contribution in [0.25, 0.3) is 11.4 Å². The molecule has 0 radical (unpaired) electrons. The topological polar surface area (TPSA) is 88.1 Å². The second-order valence-corrected chi connectivity index (χ2v) is 8.61. The summed E-state index contributed by atoms with van der Waals surface area (Å²) in [5.41, 5.74) is 2.89. The van der Waals surface area contributed by atoms with Gasteiger partial charge >= 0.3 is 0 Å². The zero-order chi connectivity index (χ0) is 19.9. The smallest absolute Gasteiger partial charge is 0.225 e. The van der Waals surface area contributed by atoms with Gasteiger partial charge in [-0.05, 0) is 30.4 Å². The molecule has 7 nitrogen and oxygen atoms in total. The van der Waals surface area contributed by atoms with E-state index in [0.717, 1.165) is 29.7 Å². The van der Waals surface area contributed by atoms with Gasteiger partial charge in [0.15, 0.2) is 5.82 Å². The van der Waals surface area contributed by atoms with Gasteiger partial charge in [0.25, 0.3) is 0 Å². The van der Waals surface area contributed by atoms with Crippen LogP contribution in [0.2, 0.25) is 0 Å². The van der Waals surface area contributed by atoms with E-state index in [2.05, 4.69) is 29.1 Å². The summed E-state index contributed by atoms with van der Waals surface area (Å²) >= 11 is 0. The fraction of sp³-hybridized carbons (Fsp3) is 0.476. The van der Waals surface area contributed by atoms with E-state index in [9.17, 15) is 9.59 Å². The van der Waals surface area contributed by atoms with Crippen molar-refractivity contribution in [1.29, 1.82) is 0 Å². The van der Waals surface area contributed by atoms with Crippen molar-refractivity contribution in [1.82, 2.24) is 25.2 Å². The van der Waals surface area contributed by atoms with Crippen LogP contribution in [-0.2, 0) is 16.0 Å². The van der Waals surface area contributed by atoms with E-state index in [1.165, 1.54) is 0 Å². The van der Waals surface area contributed by atoms with Crippen LogP contribution < -0.4 is 5.32 Å². The number of carbonyl (C=O) groups excluding carboxylic acids is 2. The first-order valence-corrected chi connectivity index (χ1v) is 9.63. The molecular formula is C21H25N5O2. The van der Waals surface area contributed by atoms with E-state index in [4.69, 9.17) is 4.98 Å². The van der Waals surface area contributed by atoms with Gasteiger partial charge in [0.1, 0.15) is 0 Å². The molecule has 1 fully saturated rings. The number of nitrogens with zero attached hydrogens (tertiary/aromatic N) is 4. The molecule has 2 aromatic rings.